The molecule has 0 N–H and O–H groups in total. The molecule has 22 heavy (non-hydrogen) atoms. The van der Waals surface area contributed by atoms with Crippen molar-refractivity contribution in [3.8, 4) is 11.5 Å². The van der Waals surface area contributed by atoms with Crippen LogP contribution in [0.25, 0.3) is 0 Å². The molecule has 1 aliphatic carbocycles. The van der Waals surface area contributed by atoms with Crippen molar-refractivity contribution >= 4 is 0 Å². The normalized spacial score (nSPS) is 35.0. The van der Waals surface area contributed by atoms with Crippen LogP contribution in [0.1, 0.15) is 24.0 Å². The standard InChI is InChI=1S/C18H23NO3/c1-20-13-4-5-18-6-7-19(17(18)9-13)11-12-8-15(21-2)16(22-3)10-14(12)18/h4-5,8,10,13,17H,6-7,9,11H2,1-3H3/t13-,17-,18+/m1/s1. The van der Waals surface area contributed by atoms with Crippen LogP contribution in [0.3, 0.4) is 0 Å². The van der Waals surface area contributed by atoms with Crippen LogP contribution in [0.2, 0.25) is 0 Å². The molecule has 1 unspecified atom stereocenters. The Morgan fingerprint density at radius 1 is 1.14 bits per heavy atom. The Hall–Kier alpha value is -1.52. The summed E-state index contributed by atoms with van der Waals surface area (Å²) in [4.78, 5) is 2.60. The van der Waals surface area contributed by atoms with Crippen molar-refractivity contribution in [2.45, 2.75) is 36.9 Å². The van der Waals surface area contributed by atoms with Gasteiger partial charge >= 0.3 is 0 Å². The fraction of sp³-hybridized carbons (Fsp3) is 0.556. The molecule has 4 atom stereocenters. The van der Waals surface area contributed by atoms with E-state index >= 15 is 0 Å². The summed E-state index contributed by atoms with van der Waals surface area (Å²) < 4.78 is 16.6. The summed E-state index contributed by atoms with van der Waals surface area (Å²) in [6, 6.07) is 4.88. The molecule has 1 aromatic rings. The van der Waals surface area contributed by atoms with Crippen LogP contribution in [-0.4, -0.2) is 44.9 Å². The minimum Gasteiger partial charge on any atom is -0.493 e. The van der Waals surface area contributed by atoms with Gasteiger partial charge in [-0.25, -0.2) is 0 Å². The van der Waals surface area contributed by atoms with Crippen molar-refractivity contribution in [1.82, 2.24) is 4.90 Å². The summed E-state index contributed by atoms with van der Waals surface area (Å²) in [5, 5.41) is 0. The van der Waals surface area contributed by atoms with E-state index in [4.69, 9.17) is 14.2 Å². The Morgan fingerprint density at radius 2 is 1.91 bits per heavy atom. The highest BCUT2D eigenvalue weighted by atomic mass is 16.5. The van der Waals surface area contributed by atoms with Gasteiger partial charge in [-0.3, -0.25) is 4.90 Å². The summed E-state index contributed by atoms with van der Waals surface area (Å²) in [5.74, 6) is 1.66. The largest absolute Gasteiger partial charge is 0.493 e. The van der Waals surface area contributed by atoms with Crippen molar-refractivity contribution in [1.29, 1.82) is 0 Å². The minimum absolute atomic E-state index is 0.113. The SMILES string of the molecule is COc1cc2c(cc1OC)[C@@]13C=C[C@@H](OC)C[C@H]1N(CC3)C2. The first-order chi connectivity index (χ1) is 10.7. The molecule has 0 spiro atoms. The molecule has 0 amide bonds. The van der Waals surface area contributed by atoms with Gasteiger partial charge in [0.05, 0.1) is 20.3 Å². The molecular formula is C18H23NO3. The van der Waals surface area contributed by atoms with Crippen LogP contribution in [0.15, 0.2) is 24.3 Å². The summed E-state index contributed by atoms with van der Waals surface area (Å²) in [7, 11) is 5.21. The molecule has 0 radical (unpaired) electrons. The Kier molecular flexibility index (Phi) is 3.20. The van der Waals surface area contributed by atoms with E-state index in [1.807, 2.05) is 0 Å². The van der Waals surface area contributed by atoms with Crippen LogP contribution >= 0.6 is 0 Å². The monoisotopic (exact) mass is 301 g/mol. The van der Waals surface area contributed by atoms with Crippen LogP contribution < -0.4 is 9.47 Å². The quantitative estimate of drug-likeness (QED) is 0.803. The minimum atomic E-state index is 0.113. The highest BCUT2D eigenvalue weighted by molar-refractivity contribution is 5.55. The van der Waals surface area contributed by atoms with Gasteiger partial charge < -0.3 is 14.2 Å². The predicted molar refractivity (Wildman–Crippen MR) is 84.6 cm³/mol. The first-order valence-corrected chi connectivity index (χ1v) is 7.93. The first-order valence-electron chi connectivity index (χ1n) is 7.93. The molecule has 2 aliphatic heterocycles. The number of hydrogen-bond acceptors (Lipinski definition) is 4. The predicted octanol–water partition coefficient (Wildman–Crippen LogP) is 2.50. The van der Waals surface area contributed by atoms with Crippen LogP contribution in [0.4, 0.5) is 0 Å². The Bertz CT molecular complexity index is 627. The number of fused-ring (bicyclic) bond motifs is 1. The molecule has 118 valence electrons. The lowest BCUT2D eigenvalue weighted by Crippen LogP contribution is -2.49. The smallest absolute Gasteiger partial charge is 0.161 e. The summed E-state index contributed by atoms with van der Waals surface area (Å²) in [5.41, 5.74) is 2.89. The first kappa shape index (κ1) is 14.1. The fourth-order valence-electron chi connectivity index (χ4n) is 4.58. The van der Waals surface area contributed by atoms with E-state index in [9.17, 15) is 0 Å². The third-order valence-electron chi connectivity index (χ3n) is 5.70. The number of methoxy groups -OCH3 is 3. The van der Waals surface area contributed by atoms with E-state index in [0.29, 0.717) is 6.04 Å². The molecule has 1 aromatic carbocycles. The van der Waals surface area contributed by atoms with Crippen LogP contribution in [0, 0.1) is 0 Å². The molecule has 2 bridgehead atoms. The molecule has 3 aliphatic rings. The molecule has 1 saturated heterocycles. The van der Waals surface area contributed by atoms with Gasteiger partial charge in [0.2, 0.25) is 0 Å². The van der Waals surface area contributed by atoms with E-state index in [1.165, 1.54) is 17.5 Å². The lowest BCUT2D eigenvalue weighted by atomic mass is 9.66. The molecule has 4 heteroatoms. The molecule has 1 fully saturated rings. The van der Waals surface area contributed by atoms with E-state index in [-0.39, 0.29) is 11.5 Å². The zero-order valence-corrected chi connectivity index (χ0v) is 13.5. The van der Waals surface area contributed by atoms with Crippen molar-refractivity contribution in [3.63, 3.8) is 0 Å². The second-order valence-electron chi connectivity index (χ2n) is 6.51. The maximum absolute atomic E-state index is 5.57. The van der Waals surface area contributed by atoms with E-state index in [1.54, 1.807) is 21.3 Å². The van der Waals surface area contributed by atoms with Crippen molar-refractivity contribution < 1.29 is 14.2 Å². The van der Waals surface area contributed by atoms with Gasteiger partial charge in [0, 0.05) is 31.7 Å². The molecule has 4 nitrogen and oxygen atoms in total. The van der Waals surface area contributed by atoms with Crippen molar-refractivity contribution in [2.75, 3.05) is 27.9 Å². The van der Waals surface area contributed by atoms with Gasteiger partial charge in [-0.05, 0) is 36.1 Å². The van der Waals surface area contributed by atoms with E-state index < -0.39 is 0 Å². The van der Waals surface area contributed by atoms with Crippen molar-refractivity contribution in [2.24, 2.45) is 0 Å². The second kappa shape index (κ2) is 5.00. The highest BCUT2D eigenvalue weighted by Gasteiger charge is 2.53. The third-order valence-corrected chi connectivity index (χ3v) is 5.70. The van der Waals surface area contributed by atoms with Gasteiger partial charge in [-0.15, -0.1) is 0 Å². The Balaban J connectivity index is 1.87. The van der Waals surface area contributed by atoms with Gasteiger partial charge in [-0.1, -0.05) is 12.2 Å². The molecule has 0 saturated carbocycles. The Morgan fingerprint density at radius 3 is 2.64 bits per heavy atom. The highest BCUT2D eigenvalue weighted by Crippen LogP contribution is 2.52. The number of ether oxygens (including phenoxy) is 3. The fourth-order valence-corrected chi connectivity index (χ4v) is 4.58. The van der Waals surface area contributed by atoms with Crippen molar-refractivity contribution in [3.05, 3.63) is 35.4 Å². The number of benzene rings is 1. The average molecular weight is 301 g/mol. The topological polar surface area (TPSA) is 30.9 Å². The molecule has 2 heterocycles. The number of rotatable bonds is 3. The van der Waals surface area contributed by atoms with Gasteiger partial charge in [-0.2, -0.15) is 0 Å². The van der Waals surface area contributed by atoms with Crippen LogP contribution in [-0.2, 0) is 16.7 Å². The zero-order valence-electron chi connectivity index (χ0n) is 13.5. The zero-order chi connectivity index (χ0) is 15.3. The summed E-state index contributed by atoms with van der Waals surface area (Å²) in [6.07, 6.45) is 7.11. The summed E-state index contributed by atoms with van der Waals surface area (Å²) >= 11 is 0. The Labute approximate surface area is 131 Å². The lowest BCUT2D eigenvalue weighted by Gasteiger charge is -2.46. The maximum Gasteiger partial charge on any atom is 0.161 e. The van der Waals surface area contributed by atoms with E-state index in [2.05, 4.69) is 29.2 Å². The summed E-state index contributed by atoms with van der Waals surface area (Å²) in [6.45, 7) is 2.14. The van der Waals surface area contributed by atoms with Crippen LogP contribution in [0.5, 0.6) is 11.5 Å². The number of hydrogen-bond donors (Lipinski definition) is 0. The average Bonchev–Trinajstić information content (AvgIpc) is 2.85. The maximum atomic E-state index is 5.57. The van der Waals surface area contributed by atoms with E-state index in [0.717, 1.165) is 31.0 Å². The third kappa shape index (κ3) is 1.77. The molecule has 4 rings (SSSR count). The molecule has 0 aromatic heterocycles. The van der Waals surface area contributed by atoms with Gasteiger partial charge in [0.1, 0.15) is 0 Å². The second-order valence-corrected chi connectivity index (χ2v) is 6.51. The van der Waals surface area contributed by atoms with Gasteiger partial charge in [0.25, 0.3) is 0 Å². The van der Waals surface area contributed by atoms with Gasteiger partial charge in [0.15, 0.2) is 11.5 Å². The molecular weight excluding hydrogens is 278 g/mol. The number of nitrogens with zero attached hydrogens (tertiary/aromatic N) is 1. The lowest BCUT2D eigenvalue weighted by molar-refractivity contribution is 0.0749.